The maximum Gasteiger partial charge on any atom is 0.281 e. The number of amides is 1. The molecule has 36 heavy (non-hydrogen) atoms. The number of aryl methyl sites for hydroxylation is 1. The van der Waals surface area contributed by atoms with Gasteiger partial charge in [-0.3, -0.25) is 4.79 Å². The van der Waals surface area contributed by atoms with Crippen LogP contribution < -0.4 is 20.1 Å². The Morgan fingerprint density at radius 3 is 2.58 bits per heavy atom. The lowest BCUT2D eigenvalue weighted by Crippen LogP contribution is -2.43. The van der Waals surface area contributed by atoms with Gasteiger partial charge in [-0.05, 0) is 74.6 Å². The van der Waals surface area contributed by atoms with Gasteiger partial charge >= 0.3 is 0 Å². The van der Waals surface area contributed by atoms with E-state index in [1.807, 2.05) is 25.1 Å². The number of sulfonamides is 1. The molecule has 0 aliphatic carbocycles. The number of carbonyl (C=O) groups is 1. The van der Waals surface area contributed by atoms with Crippen molar-refractivity contribution in [2.45, 2.75) is 44.7 Å². The Morgan fingerprint density at radius 2 is 1.94 bits per heavy atom. The smallest absolute Gasteiger partial charge is 0.281 e. The molecule has 1 atom stereocenters. The van der Waals surface area contributed by atoms with E-state index in [-0.39, 0.29) is 21.9 Å². The third kappa shape index (κ3) is 4.86. The van der Waals surface area contributed by atoms with Gasteiger partial charge in [0.05, 0.1) is 12.7 Å². The molecule has 0 radical (unpaired) electrons. The minimum Gasteiger partial charge on any atom is -0.497 e. The second-order valence-electron chi connectivity index (χ2n) is 9.66. The molecule has 1 amide bonds. The number of aromatic nitrogens is 2. The van der Waals surface area contributed by atoms with Crippen LogP contribution in [0.25, 0.3) is 11.1 Å². The number of benzene rings is 1. The molecule has 4 rings (SSSR count). The fraction of sp³-hybridized carbons (Fsp3) is 0.346. The second-order valence-corrected chi connectivity index (χ2v) is 11.3. The second kappa shape index (κ2) is 9.42. The number of nitrogen functional groups attached to an aromatic ring is 1. The lowest BCUT2D eigenvalue weighted by Gasteiger charge is -2.36. The average Bonchev–Trinajstić information content (AvgIpc) is 3.09. The molecule has 190 valence electrons. The quantitative estimate of drug-likeness (QED) is 0.514. The van der Waals surface area contributed by atoms with Crippen LogP contribution in [0.5, 0.6) is 5.75 Å². The summed E-state index contributed by atoms with van der Waals surface area (Å²) in [6.45, 7) is 8.99. The highest BCUT2D eigenvalue weighted by Crippen LogP contribution is 2.39. The van der Waals surface area contributed by atoms with Gasteiger partial charge in [-0.25, -0.2) is 14.7 Å². The summed E-state index contributed by atoms with van der Waals surface area (Å²) in [5.74, 6) is 0.705. The van der Waals surface area contributed by atoms with Gasteiger partial charge in [0, 0.05) is 23.8 Å². The number of carbonyl (C=O) groups excluding carboxylic acids is 1. The molecule has 2 aromatic heterocycles. The Balaban J connectivity index is 1.81. The number of hydrogen-bond donors (Lipinski definition) is 2. The Kier molecular flexibility index (Phi) is 6.66. The maximum atomic E-state index is 13.5. The first kappa shape index (κ1) is 25.4. The topological polar surface area (TPSA) is 128 Å². The standard InChI is InChI=1S/C26H31N5O4S/c1-16-11-18(13-20(12-16)35-5)19-14-21(24(28-15-19)31-10-9-17(2)26(31,3)4)25(32)30-36(33,34)23-8-6-7-22(27)29-23/h6-8,11-15,17H,9-10H2,1-5H3,(H2,27,29)(H,30,32). The lowest BCUT2D eigenvalue weighted by atomic mass is 9.90. The van der Waals surface area contributed by atoms with Crippen LogP contribution in [0.2, 0.25) is 0 Å². The Hall–Kier alpha value is -3.66. The van der Waals surface area contributed by atoms with Crippen LogP contribution in [0.15, 0.2) is 53.7 Å². The molecule has 3 aromatic rings. The fourth-order valence-electron chi connectivity index (χ4n) is 4.45. The molecular formula is C26H31N5O4S. The van der Waals surface area contributed by atoms with Crippen molar-refractivity contribution in [3.8, 4) is 16.9 Å². The molecule has 1 aliphatic rings. The normalized spacial score (nSPS) is 17.1. The summed E-state index contributed by atoms with van der Waals surface area (Å²) in [6, 6.07) is 11.6. The summed E-state index contributed by atoms with van der Waals surface area (Å²) < 4.78 is 33.5. The minimum absolute atomic E-state index is 0.0378. The molecule has 3 heterocycles. The predicted molar refractivity (Wildman–Crippen MR) is 139 cm³/mol. The van der Waals surface area contributed by atoms with E-state index < -0.39 is 15.9 Å². The van der Waals surface area contributed by atoms with Crippen molar-refractivity contribution in [3.05, 3.63) is 59.8 Å². The highest BCUT2D eigenvalue weighted by atomic mass is 32.2. The van der Waals surface area contributed by atoms with Gasteiger partial charge in [-0.2, -0.15) is 8.42 Å². The number of nitrogens with zero attached hydrogens (tertiary/aromatic N) is 3. The number of hydrogen-bond acceptors (Lipinski definition) is 8. The highest BCUT2D eigenvalue weighted by Gasteiger charge is 2.41. The van der Waals surface area contributed by atoms with E-state index in [0.717, 1.165) is 17.5 Å². The number of methoxy groups -OCH3 is 1. The zero-order chi connectivity index (χ0) is 26.3. The highest BCUT2D eigenvalue weighted by molar-refractivity contribution is 7.90. The van der Waals surface area contributed by atoms with E-state index in [9.17, 15) is 13.2 Å². The van der Waals surface area contributed by atoms with Gasteiger partial charge in [0.1, 0.15) is 17.4 Å². The van der Waals surface area contributed by atoms with Crippen molar-refractivity contribution in [2.24, 2.45) is 5.92 Å². The number of pyridine rings is 2. The van der Waals surface area contributed by atoms with Crippen molar-refractivity contribution < 1.29 is 17.9 Å². The third-order valence-electron chi connectivity index (χ3n) is 6.92. The summed E-state index contributed by atoms with van der Waals surface area (Å²) >= 11 is 0. The molecule has 10 heteroatoms. The van der Waals surface area contributed by atoms with Crippen molar-refractivity contribution in [1.82, 2.24) is 14.7 Å². The van der Waals surface area contributed by atoms with Gasteiger partial charge < -0.3 is 15.4 Å². The first-order chi connectivity index (χ1) is 16.9. The number of nitrogens with one attached hydrogen (secondary N) is 1. The van der Waals surface area contributed by atoms with Gasteiger partial charge in [0.15, 0.2) is 5.03 Å². The van der Waals surface area contributed by atoms with Crippen LogP contribution in [0.1, 0.15) is 43.1 Å². The zero-order valence-electron chi connectivity index (χ0n) is 21.1. The van der Waals surface area contributed by atoms with E-state index in [0.29, 0.717) is 29.6 Å². The molecule has 1 saturated heterocycles. The molecular weight excluding hydrogens is 478 g/mol. The van der Waals surface area contributed by atoms with Crippen LogP contribution in [0.4, 0.5) is 11.6 Å². The fourth-order valence-corrected chi connectivity index (χ4v) is 5.39. The largest absolute Gasteiger partial charge is 0.497 e. The summed E-state index contributed by atoms with van der Waals surface area (Å²) in [4.78, 5) is 24.1. The van der Waals surface area contributed by atoms with Crippen LogP contribution in [0.3, 0.4) is 0 Å². The molecule has 9 nitrogen and oxygen atoms in total. The van der Waals surface area contributed by atoms with Gasteiger partial charge in [-0.15, -0.1) is 0 Å². The summed E-state index contributed by atoms with van der Waals surface area (Å²) in [5, 5.41) is -0.333. The minimum atomic E-state index is -4.26. The Morgan fingerprint density at radius 1 is 1.19 bits per heavy atom. The molecule has 3 N–H and O–H groups in total. The predicted octanol–water partition coefficient (Wildman–Crippen LogP) is 3.79. The van der Waals surface area contributed by atoms with E-state index in [1.165, 1.54) is 18.2 Å². The molecule has 0 saturated carbocycles. The molecule has 1 aliphatic heterocycles. The van der Waals surface area contributed by atoms with E-state index >= 15 is 0 Å². The van der Waals surface area contributed by atoms with Crippen molar-refractivity contribution in [1.29, 1.82) is 0 Å². The first-order valence-corrected chi connectivity index (χ1v) is 13.1. The SMILES string of the molecule is COc1cc(C)cc(-c2cnc(N3CCC(C)C3(C)C)c(C(=O)NS(=O)(=O)c3cccc(N)n3)c2)c1. The average molecular weight is 510 g/mol. The van der Waals surface area contributed by atoms with Gasteiger partial charge in [0.25, 0.3) is 15.9 Å². The maximum absolute atomic E-state index is 13.5. The third-order valence-corrected chi connectivity index (χ3v) is 8.15. The summed E-state index contributed by atoms with van der Waals surface area (Å²) in [5.41, 5.74) is 7.97. The van der Waals surface area contributed by atoms with E-state index in [2.05, 4.69) is 40.4 Å². The molecule has 0 spiro atoms. The van der Waals surface area contributed by atoms with E-state index in [1.54, 1.807) is 19.4 Å². The van der Waals surface area contributed by atoms with Crippen molar-refractivity contribution in [3.63, 3.8) is 0 Å². The van der Waals surface area contributed by atoms with Gasteiger partial charge in [-0.1, -0.05) is 19.1 Å². The van der Waals surface area contributed by atoms with Crippen molar-refractivity contribution >= 4 is 27.6 Å². The van der Waals surface area contributed by atoms with E-state index in [4.69, 9.17) is 10.5 Å². The molecule has 1 unspecified atom stereocenters. The zero-order valence-corrected chi connectivity index (χ0v) is 21.9. The number of rotatable bonds is 6. The van der Waals surface area contributed by atoms with Gasteiger partial charge in [0.2, 0.25) is 0 Å². The number of anilines is 2. The Bertz CT molecular complexity index is 1420. The summed E-state index contributed by atoms with van der Waals surface area (Å²) in [6.07, 6.45) is 2.63. The van der Waals surface area contributed by atoms with Crippen LogP contribution in [0, 0.1) is 12.8 Å². The number of nitrogens with two attached hydrogens (primary N) is 1. The van der Waals surface area contributed by atoms with Crippen LogP contribution in [-0.4, -0.2) is 43.5 Å². The van der Waals surface area contributed by atoms with Crippen LogP contribution in [-0.2, 0) is 10.0 Å². The van der Waals surface area contributed by atoms with Crippen LogP contribution >= 0.6 is 0 Å². The Labute approximate surface area is 211 Å². The summed E-state index contributed by atoms with van der Waals surface area (Å²) in [7, 11) is -2.67. The molecule has 0 bridgehead atoms. The lowest BCUT2D eigenvalue weighted by molar-refractivity contribution is 0.0981. The number of ether oxygens (including phenoxy) is 1. The first-order valence-electron chi connectivity index (χ1n) is 11.7. The molecule has 1 fully saturated rings. The molecule has 1 aromatic carbocycles. The van der Waals surface area contributed by atoms with Crippen molar-refractivity contribution in [2.75, 3.05) is 24.3 Å². The monoisotopic (exact) mass is 509 g/mol.